The van der Waals surface area contributed by atoms with E-state index < -0.39 is 0 Å². The Morgan fingerprint density at radius 3 is 1.70 bits per heavy atom. The third-order valence-corrected chi connectivity index (χ3v) is 10.6. The second-order valence-electron chi connectivity index (χ2n) is 14.2. The lowest BCUT2D eigenvalue weighted by Gasteiger charge is -2.20. The van der Waals surface area contributed by atoms with Gasteiger partial charge in [-0.1, -0.05) is 166 Å². The number of hydrogen-bond acceptors (Lipinski definition) is 5. The van der Waals surface area contributed by atoms with Crippen LogP contribution in [0.25, 0.3) is 89.4 Å². The summed E-state index contributed by atoms with van der Waals surface area (Å²) in [6, 6.07) is 54.9. The van der Waals surface area contributed by atoms with Crippen molar-refractivity contribution in [3.8, 4) is 67.8 Å². The number of fused-ring (bicyclic) bond motifs is 5. The van der Waals surface area contributed by atoms with Gasteiger partial charge in [-0.25, -0.2) is 24.9 Å². The molecule has 0 unspecified atom stereocenters. The Balaban J connectivity index is 0.994. The summed E-state index contributed by atoms with van der Waals surface area (Å²) < 4.78 is 0. The SMILES string of the molecule is CC1(C)c2ccccc2-c2cnc(-c3ccc(-c4ccc(-c5nc(-c6ccc7ccccc7c6)nc(-c6cccc7ccccc67)n5)cc4)cc3)nc21. The lowest BCUT2D eigenvalue weighted by atomic mass is 9.85. The van der Waals surface area contributed by atoms with Crippen LogP contribution in [0.3, 0.4) is 0 Å². The molecule has 250 valence electrons. The fraction of sp³-hybridized carbons (Fsp3) is 0.0625. The average Bonchev–Trinajstić information content (AvgIpc) is 3.45. The third-order valence-electron chi connectivity index (χ3n) is 10.6. The second kappa shape index (κ2) is 12.1. The molecule has 0 amide bonds. The van der Waals surface area contributed by atoms with Gasteiger partial charge in [-0.05, 0) is 49.9 Å². The fourth-order valence-electron chi connectivity index (χ4n) is 7.71. The van der Waals surface area contributed by atoms with E-state index in [2.05, 4.69) is 172 Å². The number of hydrogen-bond donors (Lipinski definition) is 0. The van der Waals surface area contributed by atoms with E-state index in [0.717, 1.165) is 66.6 Å². The van der Waals surface area contributed by atoms with Crippen LogP contribution in [-0.2, 0) is 5.41 Å². The summed E-state index contributed by atoms with van der Waals surface area (Å²) in [4.78, 5) is 25.1. The van der Waals surface area contributed by atoms with Crippen molar-refractivity contribution in [1.82, 2.24) is 24.9 Å². The summed E-state index contributed by atoms with van der Waals surface area (Å²) in [5.41, 5.74) is 10.6. The van der Waals surface area contributed by atoms with Crippen molar-refractivity contribution in [2.75, 3.05) is 0 Å². The minimum Gasteiger partial charge on any atom is -0.236 e. The summed E-state index contributed by atoms with van der Waals surface area (Å²) in [6.45, 7) is 4.49. The average molecular weight is 680 g/mol. The summed E-state index contributed by atoms with van der Waals surface area (Å²) in [5, 5.41) is 4.57. The van der Waals surface area contributed by atoms with Crippen molar-refractivity contribution < 1.29 is 0 Å². The normalized spacial score (nSPS) is 12.9. The molecule has 2 aromatic heterocycles. The topological polar surface area (TPSA) is 64.5 Å². The third kappa shape index (κ3) is 5.28. The van der Waals surface area contributed by atoms with Crippen LogP contribution in [0.4, 0.5) is 0 Å². The molecule has 1 aliphatic carbocycles. The van der Waals surface area contributed by atoms with E-state index in [1.54, 1.807) is 0 Å². The lowest BCUT2D eigenvalue weighted by Crippen LogP contribution is -2.17. The van der Waals surface area contributed by atoms with Crippen molar-refractivity contribution >= 4 is 21.5 Å². The molecule has 2 heterocycles. The first-order valence-corrected chi connectivity index (χ1v) is 17.9. The van der Waals surface area contributed by atoms with Crippen LogP contribution >= 0.6 is 0 Å². The molecule has 7 aromatic carbocycles. The number of nitrogens with zero attached hydrogens (tertiary/aromatic N) is 5. The number of benzene rings is 7. The molecular weight excluding hydrogens is 647 g/mol. The van der Waals surface area contributed by atoms with Gasteiger partial charge in [0.1, 0.15) is 0 Å². The van der Waals surface area contributed by atoms with Crippen LogP contribution in [0.1, 0.15) is 25.1 Å². The Labute approximate surface area is 307 Å². The summed E-state index contributed by atoms with van der Waals surface area (Å²) >= 11 is 0. The Morgan fingerprint density at radius 1 is 0.377 bits per heavy atom. The van der Waals surface area contributed by atoms with Gasteiger partial charge >= 0.3 is 0 Å². The maximum atomic E-state index is 5.10. The van der Waals surface area contributed by atoms with Crippen molar-refractivity contribution in [3.05, 3.63) is 175 Å². The van der Waals surface area contributed by atoms with Gasteiger partial charge in [0.15, 0.2) is 23.3 Å². The molecule has 5 heteroatoms. The van der Waals surface area contributed by atoms with E-state index in [1.807, 2.05) is 6.20 Å². The highest BCUT2D eigenvalue weighted by Gasteiger charge is 2.37. The van der Waals surface area contributed by atoms with Crippen molar-refractivity contribution in [1.29, 1.82) is 0 Å². The van der Waals surface area contributed by atoms with Gasteiger partial charge in [0.25, 0.3) is 0 Å². The van der Waals surface area contributed by atoms with Crippen LogP contribution in [0.5, 0.6) is 0 Å². The highest BCUT2D eigenvalue weighted by atomic mass is 15.0. The molecule has 0 N–H and O–H groups in total. The molecule has 0 spiro atoms. The van der Waals surface area contributed by atoms with Crippen LogP contribution in [-0.4, -0.2) is 24.9 Å². The minimum absolute atomic E-state index is 0.171. The zero-order chi connectivity index (χ0) is 35.5. The maximum absolute atomic E-state index is 5.10. The molecule has 10 rings (SSSR count). The summed E-state index contributed by atoms with van der Waals surface area (Å²) in [6.07, 6.45) is 1.98. The smallest absolute Gasteiger partial charge is 0.164 e. The van der Waals surface area contributed by atoms with Crippen LogP contribution in [0.15, 0.2) is 164 Å². The lowest BCUT2D eigenvalue weighted by molar-refractivity contribution is 0.636. The predicted octanol–water partition coefficient (Wildman–Crippen LogP) is 11.6. The van der Waals surface area contributed by atoms with Gasteiger partial charge in [-0.15, -0.1) is 0 Å². The van der Waals surface area contributed by atoms with Crippen molar-refractivity contribution in [3.63, 3.8) is 0 Å². The first-order valence-electron chi connectivity index (χ1n) is 17.9. The van der Waals surface area contributed by atoms with Crippen molar-refractivity contribution in [2.24, 2.45) is 0 Å². The van der Waals surface area contributed by atoms with Gasteiger partial charge in [0, 0.05) is 39.4 Å². The molecule has 0 saturated heterocycles. The maximum Gasteiger partial charge on any atom is 0.164 e. The molecule has 0 atom stereocenters. The number of aromatic nitrogens is 5. The first-order chi connectivity index (χ1) is 26.0. The van der Waals surface area contributed by atoms with Gasteiger partial charge in [-0.3, -0.25) is 0 Å². The molecule has 0 fully saturated rings. The summed E-state index contributed by atoms with van der Waals surface area (Å²) in [7, 11) is 0. The molecule has 0 aliphatic heterocycles. The van der Waals surface area contributed by atoms with Crippen molar-refractivity contribution in [2.45, 2.75) is 19.3 Å². The van der Waals surface area contributed by atoms with E-state index in [0.29, 0.717) is 17.5 Å². The molecule has 53 heavy (non-hydrogen) atoms. The van der Waals surface area contributed by atoms with E-state index in [9.17, 15) is 0 Å². The quantitative estimate of drug-likeness (QED) is 0.181. The summed E-state index contributed by atoms with van der Waals surface area (Å²) in [5.74, 6) is 2.66. The zero-order valence-corrected chi connectivity index (χ0v) is 29.3. The predicted molar refractivity (Wildman–Crippen MR) is 215 cm³/mol. The Kier molecular flexibility index (Phi) is 7.08. The van der Waals surface area contributed by atoms with Crippen LogP contribution in [0.2, 0.25) is 0 Å². The highest BCUT2D eigenvalue weighted by molar-refractivity contribution is 5.95. The number of rotatable bonds is 5. The van der Waals surface area contributed by atoms with Crippen LogP contribution in [0, 0.1) is 0 Å². The van der Waals surface area contributed by atoms with Crippen LogP contribution < -0.4 is 0 Å². The van der Waals surface area contributed by atoms with E-state index in [1.165, 1.54) is 16.5 Å². The fourth-order valence-corrected chi connectivity index (χ4v) is 7.71. The Bertz CT molecular complexity index is 2850. The molecule has 0 saturated carbocycles. The Hall–Kier alpha value is -6.85. The monoisotopic (exact) mass is 679 g/mol. The molecule has 0 bridgehead atoms. The highest BCUT2D eigenvalue weighted by Crippen LogP contribution is 2.47. The van der Waals surface area contributed by atoms with E-state index in [-0.39, 0.29) is 5.41 Å². The second-order valence-corrected chi connectivity index (χ2v) is 14.2. The van der Waals surface area contributed by atoms with Gasteiger partial charge in [-0.2, -0.15) is 0 Å². The first kappa shape index (κ1) is 30.9. The van der Waals surface area contributed by atoms with Gasteiger partial charge < -0.3 is 0 Å². The molecule has 1 aliphatic rings. The standard InChI is InChI=1S/C48H33N5/c1-48(2)42-17-8-7-15-39(42)41-29-49-44(50-43(41)48)34-23-18-31(19-24-34)32-20-25-35(26-21-32)45-51-46(37-27-22-30-10-3-4-12-36(30)28-37)53-47(52-45)40-16-9-13-33-11-5-6-14-38(33)40/h3-29H,1-2H3. The minimum atomic E-state index is -0.171. The molecule has 9 aromatic rings. The molecular formula is C48H33N5. The zero-order valence-electron chi connectivity index (χ0n) is 29.3. The van der Waals surface area contributed by atoms with E-state index >= 15 is 0 Å². The van der Waals surface area contributed by atoms with Gasteiger partial charge in [0.2, 0.25) is 0 Å². The Morgan fingerprint density at radius 2 is 0.925 bits per heavy atom. The largest absolute Gasteiger partial charge is 0.236 e. The van der Waals surface area contributed by atoms with Gasteiger partial charge in [0.05, 0.1) is 5.69 Å². The molecule has 5 nitrogen and oxygen atoms in total. The molecule has 0 radical (unpaired) electrons. The van der Waals surface area contributed by atoms with E-state index in [4.69, 9.17) is 24.9 Å².